The molecule has 0 aliphatic rings. The largest absolute Gasteiger partial charge is 0.469 e. The third-order valence-corrected chi connectivity index (χ3v) is 3.33. The predicted octanol–water partition coefficient (Wildman–Crippen LogP) is 3.05. The first-order chi connectivity index (χ1) is 6.65. The summed E-state index contributed by atoms with van der Waals surface area (Å²) in [5.74, 6) is 0.632. The van der Waals surface area contributed by atoms with E-state index in [2.05, 4.69) is 19.9 Å². The molecule has 0 amide bonds. The van der Waals surface area contributed by atoms with Crippen LogP contribution in [-0.2, 0) is 9.53 Å². The molecule has 0 aliphatic carbocycles. The Bertz CT molecular complexity index is 277. The van der Waals surface area contributed by atoms with Gasteiger partial charge in [0.05, 0.1) is 13.5 Å². The van der Waals surface area contributed by atoms with Gasteiger partial charge in [-0.1, -0.05) is 19.9 Å². The maximum absolute atomic E-state index is 11.2. The van der Waals surface area contributed by atoms with E-state index >= 15 is 0 Å². The highest BCUT2D eigenvalue weighted by Crippen LogP contribution is 2.31. The van der Waals surface area contributed by atoms with Crippen molar-refractivity contribution in [1.29, 1.82) is 0 Å². The predicted molar refractivity (Wildman–Crippen MR) is 58.5 cm³/mol. The molecule has 0 aromatic carbocycles. The molecule has 0 fully saturated rings. The van der Waals surface area contributed by atoms with Crippen LogP contribution in [0.4, 0.5) is 0 Å². The van der Waals surface area contributed by atoms with E-state index in [0.717, 1.165) is 0 Å². The number of hydrogen-bond acceptors (Lipinski definition) is 3. The van der Waals surface area contributed by atoms with E-state index in [0.29, 0.717) is 18.3 Å². The Labute approximate surface area is 88.9 Å². The monoisotopic (exact) mass is 212 g/mol. The molecule has 78 valence electrons. The van der Waals surface area contributed by atoms with Crippen LogP contribution in [0.2, 0.25) is 0 Å². The van der Waals surface area contributed by atoms with Crippen LogP contribution in [0.25, 0.3) is 0 Å². The van der Waals surface area contributed by atoms with E-state index < -0.39 is 0 Å². The first kappa shape index (κ1) is 11.2. The maximum Gasteiger partial charge on any atom is 0.306 e. The third-order valence-electron chi connectivity index (χ3n) is 2.33. The van der Waals surface area contributed by atoms with Crippen molar-refractivity contribution < 1.29 is 9.53 Å². The zero-order chi connectivity index (χ0) is 10.6. The van der Waals surface area contributed by atoms with Crippen molar-refractivity contribution >= 4 is 17.3 Å². The minimum Gasteiger partial charge on any atom is -0.469 e. The van der Waals surface area contributed by atoms with Crippen molar-refractivity contribution in [2.45, 2.75) is 26.2 Å². The van der Waals surface area contributed by atoms with Crippen molar-refractivity contribution in [3.63, 3.8) is 0 Å². The zero-order valence-corrected chi connectivity index (χ0v) is 9.64. The number of carbonyl (C=O) groups is 1. The first-order valence-electron chi connectivity index (χ1n) is 4.75. The van der Waals surface area contributed by atoms with Crippen LogP contribution in [0.1, 0.15) is 31.1 Å². The van der Waals surface area contributed by atoms with E-state index in [1.165, 1.54) is 12.0 Å². The van der Waals surface area contributed by atoms with Crippen LogP contribution in [0.3, 0.4) is 0 Å². The van der Waals surface area contributed by atoms with Gasteiger partial charge in [-0.15, -0.1) is 11.3 Å². The van der Waals surface area contributed by atoms with Gasteiger partial charge in [0.2, 0.25) is 0 Å². The van der Waals surface area contributed by atoms with Gasteiger partial charge in [-0.3, -0.25) is 4.79 Å². The summed E-state index contributed by atoms with van der Waals surface area (Å²) in [5.41, 5.74) is 0. The summed E-state index contributed by atoms with van der Waals surface area (Å²) in [5, 5.41) is 2.04. The Balaban J connectivity index is 2.70. The summed E-state index contributed by atoms with van der Waals surface area (Å²) in [4.78, 5) is 12.5. The molecule has 14 heavy (non-hydrogen) atoms. The average Bonchev–Trinajstić information content (AvgIpc) is 2.65. The SMILES string of the molecule is COC(=O)CC(c1cccs1)C(C)C. The topological polar surface area (TPSA) is 26.3 Å². The summed E-state index contributed by atoms with van der Waals surface area (Å²) < 4.78 is 4.69. The van der Waals surface area contributed by atoms with Crippen molar-refractivity contribution in [2.24, 2.45) is 5.92 Å². The Morgan fingerprint density at radius 1 is 1.57 bits per heavy atom. The molecule has 0 aliphatic heterocycles. The summed E-state index contributed by atoms with van der Waals surface area (Å²) in [7, 11) is 1.44. The standard InChI is InChI=1S/C11H16O2S/c1-8(2)9(7-11(12)13-3)10-5-4-6-14-10/h4-6,8-9H,7H2,1-3H3. The van der Waals surface area contributed by atoms with Crippen molar-refractivity contribution in [2.75, 3.05) is 7.11 Å². The van der Waals surface area contributed by atoms with Crippen molar-refractivity contribution in [3.8, 4) is 0 Å². The van der Waals surface area contributed by atoms with Gasteiger partial charge in [0, 0.05) is 10.8 Å². The number of thiophene rings is 1. The lowest BCUT2D eigenvalue weighted by Gasteiger charge is -2.17. The molecule has 1 atom stereocenters. The van der Waals surface area contributed by atoms with Crippen LogP contribution in [-0.4, -0.2) is 13.1 Å². The first-order valence-corrected chi connectivity index (χ1v) is 5.63. The molecule has 2 nitrogen and oxygen atoms in total. The van der Waals surface area contributed by atoms with Crippen LogP contribution >= 0.6 is 11.3 Å². The Kier molecular flexibility index (Phi) is 4.14. The fourth-order valence-corrected chi connectivity index (χ4v) is 2.43. The molecule has 0 spiro atoms. The highest BCUT2D eigenvalue weighted by atomic mass is 32.1. The minimum atomic E-state index is -0.128. The summed E-state index contributed by atoms with van der Waals surface area (Å²) in [6, 6.07) is 4.10. The van der Waals surface area contributed by atoms with Crippen LogP contribution in [0.5, 0.6) is 0 Å². The molecule has 0 bridgehead atoms. The number of ether oxygens (including phenoxy) is 1. The van der Waals surface area contributed by atoms with Crippen LogP contribution in [0, 0.1) is 5.92 Å². The van der Waals surface area contributed by atoms with Gasteiger partial charge in [-0.05, 0) is 17.4 Å². The summed E-state index contributed by atoms with van der Waals surface area (Å²) >= 11 is 1.70. The third kappa shape index (κ3) is 2.84. The quantitative estimate of drug-likeness (QED) is 0.717. The number of rotatable bonds is 4. The zero-order valence-electron chi connectivity index (χ0n) is 8.82. The molecular weight excluding hydrogens is 196 g/mol. The Hall–Kier alpha value is -0.830. The van der Waals surface area contributed by atoms with Crippen LogP contribution in [0.15, 0.2) is 17.5 Å². The lowest BCUT2D eigenvalue weighted by Crippen LogP contribution is -2.12. The fraction of sp³-hybridized carbons (Fsp3) is 0.545. The second-order valence-electron chi connectivity index (χ2n) is 3.65. The van der Waals surface area contributed by atoms with Crippen LogP contribution < -0.4 is 0 Å². The molecular formula is C11H16O2S. The molecule has 1 unspecified atom stereocenters. The van der Waals surface area contributed by atoms with Gasteiger partial charge in [0.25, 0.3) is 0 Å². The van der Waals surface area contributed by atoms with Crippen molar-refractivity contribution in [1.82, 2.24) is 0 Å². The second-order valence-corrected chi connectivity index (χ2v) is 4.63. The number of carbonyl (C=O) groups excluding carboxylic acids is 1. The molecule has 3 heteroatoms. The molecule has 0 radical (unpaired) electrons. The molecule has 0 N–H and O–H groups in total. The molecule has 0 saturated carbocycles. The highest BCUT2D eigenvalue weighted by Gasteiger charge is 2.20. The maximum atomic E-state index is 11.2. The summed E-state index contributed by atoms with van der Waals surface area (Å²) in [6.07, 6.45) is 0.481. The second kappa shape index (κ2) is 5.15. The normalized spacial score (nSPS) is 12.9. The van der Waals surface area contributed by atoms with E-state index in [4.69, 9.17) is 4.74 Å². The van der Waals surface area contributed by atoms with E-state index in [1.54, 1.807) is 11.3 Å². The number of hydrogen-bond donors (Lipinski definition) is 0. The lowest BCUT2D eigenvalue weighted by molar-refractivity contribution is -0.141. The number of esters is 1. The molecule has 0 saturated heterocycles. The lowest BCUT2D eigenvalue weighted by atomic mass is 9.91. The Morgan fingerprint density at radius 3 is 2.71 bits per heavy atom. The molecule has 1 aromatic heterocycles. The molecule has 1 aromatic rings. The number of methoxy groups -OCH3 is 1. The smallest absolute Gasteiger partial charge is 0.306 e. The van der Waals surface area contributed by atoms with E-state index in [9.17, 15) is 4.79 Å². The minimum absolute atomic E-state index is 0.128. The average molecular weight is 212 g/mol. The van der Waals surface area contributed by atoms with E-state index in [-0.39, 0.29) is 5.97 Å². The van der Waals surface area contributed by atoms with E-state index in [1.807, 2.05) is 11.4 Å². The van der Waals surface area contributed by atoms with Crippen molar-refractivity contribution in [3.05, 3.63) is 22.4 Å². The van der Waals surface area contributed by atoms with Gasteiger partial charge in [0.15, 0.2) is 0 Å². The van der Waals surface area contributed by atoms with Gasteiger partial charge < -0.3 is 4.74 Å². The van der Waals surface area contributed by atoms with Gasteiger partial charge in [0.1, 0.15) is 0 Å². The molecule has 1 rings (SSSR count). The van der Waals surface area contributed by atoms with Gasteiger partial charge in [-0.25, -0.2) is 0 Å². The van der Waals surface area contributed by atoms with Gasteiger partial charge >= 0.3 is 5.97 Å². The highest BCUT2D eigenvalue weighted by molar-refractivity contribution is 7.10. The Morgan fingerprint density at radius 2 is 2.29 bits per heavy atom. The summed E-state index contributed by atoms with van der Waals surface area (Å²) in [6.45, 7) is 4.26. The van der Waals surface area contributed by atoms with Gasteiger partial charge in [-0.2, -0.15) is 0 Å². The fourth-order valence-electron chi connectivity index (χ4n) is 1.43. The molecule has 1 heterocycles.